The molecule has 0 aliphatic heterocycles. The van der Waals surface area contributed by atoms with Crippen molar-refractivity contribution in [3.8, 4) is 55.6 Å². The van der Waals surface area contributed by atoms with E-state index in [1.165, 1.54) is 60.5 Å². The van der Waals surface area contributed by atoms with E-state index in [1.54, 1.807) is 0 Å². The fraction of sp³-hybridized carbons (Fsp3) is 0. The summed E-state index contributed by atoms with van der Waals surface area (Å²) in [5.41, 5.74) is 16.8. The third-order valence-corrected chi connectivity index (χ3v) is 12.7. The van der Waals surface area contributed by atoms with Gasteiger partial charge in [0.25, 0.3) is 0 Å². The number of hydrogen-bond acceptors (Lipinski definition) is 2. The quantitative estimate of drug-likeness (QED) is 0.142. The van der Waals surface area contributed by atoms with E-state index in [0.717, 1.165) is 55.7 Å². The van der Waals surface area contributed by atoms with Crippen LogP contribution in [0.3, 0.4) is 0 Å². The zero-order valence-corrected chi connectivity index (χ0v) is 35.0. The molecule has 0 aliphatic carbocycles. The molecule has 0 aliphatic rings. The molecule has 12 aromatic rings. The van der Waals surface area contributed by atoms with Crippen LogP contribution < -0.4 is 4.90 Å². The summed E-state index contributed by atoms with van der Waals surface area (Å²) in [6.07, 6.45) is 0. The minimum atomic E-state index is 0.900. The summed E-state index contributed by atoms with van der Waals surface area (Å²) in [5.74, 6) is 0. The third-order valence-electron chi connectivity index (χ3n) is 12.7. The molecule has 0 N–H and O–H groups in total. The van der Waals surface area contributed by atoms with Gasteiger partial charge in [-0.2, -0.15) is 0 Å². The van der Waals surface area contributed by atoms with Crippen LogP contribution in [0.15, 0.2) is 253 Å². The Bertz CT molecular complexity index is 3630. The first kappa shape index (κ1) is 37.3. The Morgan fingerprint density at radius 1 is 0.250 bits per heavy atom. The summed E-state index contributed by atoms with van der Waals surface area (Å²) < 4.78 is 6.50. The van der Waals surface area contributed by atoms with Crippen molar-refractivity contribution in [3.63, 3.8) is 0 Å². The lowest BCUT2D eigenvalue weighted by molar-refractivity contribution is 0.670. The summed E-state index contributed by atoms with van der Waals surface area (Å²) in [7, 11) is 0. The van der Waals surface area contributed by atoms with E-state index >= 15 is 0 Å². The highest BCUT2D eigenvalue weighted by Gasteiger charge is 2.24. The van der Waals surface area contributed by atoms with Gasteiger partial charge in [0.15, 0.2) is 0 Å². The molecule has 0 radical (unpaired) electrons. The number of para-hydroxylation sites is 2. The summed E-state index contributed by atoms with van der Waals surface area (Å²) in [6.45, 7) is 0. The highest BCUT2D eigenvalue weighted by molar-refractivity contribution is 6.22. The monoisotopic (exact) mass is 815 g/mol. The van der Waals surface area contributed by atoms with Crippen molar-refractivity contribution in [1.82, 2.24) is 0 Å². The van der Waals surface area contributed by atoms with E-state index in [9.17, 15) is 0 Å². The van der Waals surface area contributed by atoms with Gasteiger partial charge in [0.1, 0.15) is 11.2 Å². The molecule has 11 aromatic carbocycles. The molecule has 0 amide bonds. The molecule has 0 bridgehead atoms. The van der Waals surface area contributed by atoms with Crippen molar-refractivity contribution < 1.29 is 4.42 Å². The largest absolute Gasteiger partial charge is 0.455 e. The highest BCUT2D eigenvalue weighted by atomic mass is 16.3. The zero-order valence-electron chi connectivity index (χ0n) is 35.0. The van der Waals surface area contributed by atoms with Gasteiger partial charge >= 0.3 is 0 Å². The molecule has 0 fully saturated rings. The minimum absolute atomic E-state index is 0.900. The molecule has 12 rings (SSSR count). The second-order valence-electron chi connectivity index (χ2n) is 16.4. The van der Waals surface area contributed by atoms with E-state index < -0.39 is 0 Å². The fourth-order valence-corrected chi connectivity index (χ4v) is 9.67. The molecule has 0 atom stereocenters. The fourth-order valence-electron chi connectivity index (χ4n) is 9.67. The van der Waals surface area contributed by atoms with Crippen LogP contribution in [0.25, 0.3) is 99.1 Å². The smallest absolute Gasteiger partial charge is 0.143 e. The van der Waals surface area contributed by atoms with E-state index in [2.05, 4.69) is 241 Å². The Balaban J connectivity index is 1.01. The van der Waals surface area contributed by atoms with Gasteiger partial charge in [0, 0.05) is 38.7 Å². The second-order valence-corrected chi connectivity index (χ2v) is 16.4. The SMILES string of the molecule is c1ccc(-c2ccccc2-c2ccc(-c3ccc(N(c4ccc(-c5cccc6c5oc5ccccc56)cc4)c4c(-c5ccccc5)c5ccccc5c5ccccc45)cc3)cc2)cc1. The maximum absolute atomic E-state index is 6.50. The predicted molar refractivity (Wildman–Crippen MR) is 271 cm³/mol. The number of fused-ring (bicyclic) bond motifs is 6. The highest BCUT2D eigenvalue weighted by Crippen LogP contribution is 2.50. The van der Waals surface area contributed by atoms with Crippen LogP contribution in [0.2, 0.25) is 0 Å². The van der Waals surface area contributed by atoms with Crippen molar-refractivity contribution in [3.05, 3.63) is 249 Å². The van der Waals surface area contributed by atoms with E-state index in [-0.39, 0.29) is 0 Å². The number of furan rings is 1. The van der Waals surface area contributed by atoms with Gasteiger partial charge in [0.05, 0.1) is 5.69 Å². The molecule has 1 heterocycles. The topological polar surface area (TPSA) is 16.4 Å². The summed E-state index contributed by atoms with van der Waals surface area (Å²) in [6, 6.07) is 89.6. The van der Waals surface area contributed by atoms with Crippen molar-refractivity contribution >= 4 is 60.5 Å². The number of benzene rings is 11. The van der Waals surface area contributed by atoms with Gasteiger partial charge in [-0.25, -0.2) is 0 Å². The number of rotatable bonds is 8. The molecule has 0 saturated heterocycles. The van der Waals surface area contributed by atoms with Gasteiger partial charge in [-0.3, -0.25) is 0 Å². The number of hydrogen-bond donors (Lipinski definition) is 0. The lowest BCUT2D eigenvalue weighted by Crippen LogP contribution is -2.12. The van der Waals surface area contributed by atoms with E-state index in [4.69, 9.17) is 4.42 Å². The molecule has 2 heteroatoms. The summed E-state index contributed by atoms with van der Waals surface area (Å²) in [5, 5.41) is 7.11. The Labute approximate surface area is 372 Å². The van der Waals surface area contributed by atoms with Gasteiger partial charge in [-0.15, -0.1) is 0 Å². The Kier molecular flexibility index (Phi) is 9.20. The molecule has 0 saturated carbocycles. The first-order chi connectivity index (χ1) is 31.8. The van der Waals surface area contributed by atoms with Crippen LogP contribution in [0.5, 0.6) is 0 Å². The summed E-state index contributed by atoms with van der Waals surface area (Å²) >= 11 is 0. The third kappa shape index (κ3) is 6.44. The minimum Gasteiger partial charge on any atom is -0.455 e. The molecule has 2 nitrogen and oxygen atoms in total. The average molecular weight is 816 g/mol. The Morgan fingerprint density at radius 3 is 1.30 bits per heavy atom. The van der Waals surface area contributed by atoms with Crippen molar-refractivity contribution in [2.24, 2.45) is 0 Å². The van der Waals surface area contributed by atoms with E-state index in [0.29, 0.717) is 0 Å². The molecular weight excluding hydrogens is 775 g/mol. The van der Waals surface area contributed by atoms with Crippen LogP contribution in [-0.4, -0.2) is 0 Å². The number of anilines is 3. The van der Waals surface area contributed by atoms with Crippen LogP contribution in [0.1, 0.15) is 0 Å². The van der Waals surface area contributed by atoms with Gasteiger partial charge in [0.2, 0.25) is 0 Å². The van der Waals surface area contributed by atoms with Crippen LogP contribution in [0.4, 0.5) is 17.1 Å². The van der Waals surface area contributed by atoms with Gasteiger partial charge in [-0.05, 0) is 91.0 Å². The first-order valence-electron chi connectivity index (χ1n) is 21.9. The van der Waals surface area contributed by atoms with Crippen molar-refractivity contribution in [2.75, 3.05) is 4.90 Å². The zero-order chi connectivity index (χ0) is 42.4. The maximum atomic E-state index is 6.50. The van der Waals surface area contributed by atoms with Gasteiger partial charge < -0.3 is 9.32 Å². The van der Waals surface area contributed by atoms with Crippen LogP contribution >= 0.6 is 0 Å². The average Bonchev–Trinajstić information content (AvgIpc) is 3.77. The first-order valence-corrected chi connectivity index (χ1v) is 21.9. The maximum Gasteiger partial charge on any atom is 0.143 e. The van der Waals surface area contributed by atoms with Gasteiger partial charge in [-0.1, -0.05) is 218 Å². The van der Waals surface area contributed by atoms with E-state index in [1.807, 2.05) is 12.1 Å². The molecule has 0 unspecified atom stereocenters. The second kappa shape index (κ2) is 15.8. The lowest BCUT2D eigenvalue weighted by Gasteiger charge is -2.31. The van der Waals surface area contributed by atoms with Crippen molar-refractivity contribution in [2.45, 2.75) is 0 Å². The molecule has 64 heavy (non-hydrogen) atoms. The molecule has 1 aromatic heterocycles. The molecular formula is C62H41NO. The standard InChI is InChI=1S/C62H41NO/c1-3-16-44(17-4-1)50-20-7-8-21-51(50)45-32-30-42(31-33-45)43-34-38-48(39-35-43)63(49-40-36-46(37-41-49)52-27-15-28-58-55-24-13-14-29-59(55)64-62(52)58)61-57-26-12-10-23-54(57)53-22-9-11-25-56(53)60(61)47-18-5-2-6-19-47/h1-41H. The Hall–Kier alpha value is -8.46. The molecule has 0 spiro atoms. The lowest BCUT2D eigenvalue weighted by atomic mass is 9.90. The predicted octanol–water partition coefficient (Wildman–Crippen LogP) is 17.7. The molecule has 300 valence electrons. The van der Waals surface area contributed by atoms with Crippen molar-refractivity contribution in [1.29, 1.82) is 0 Å². The number of nitrogens with zero attached hydrogens (tertiary/aromatic N) is 1. The normalized spacial score (nSPS) is 11.4. The Morgan fingerprint density at radius 2 is 0.656 bits per heavy atom. The summed E-state index contributed by atoms with van der Waals surface area (Å²) in [4.78, 5) is 2.45. The van der Waals surface area contributed by atoms with Crippen LogP contribution in [0, 0.1) is 0 Å². The van der Waals surface area contributed by atoms with Crippen LogP contribution in [-0.2, 0) is 0 Å².